The van der Waals surface area contributed by atoms with E-state index >= 15 is 0 Å². The minimum Gasteiger partial charge on any atom is -0.297 e. The maximum atomic E-state index is 12.5. The third kappa shape index (κ3) is 2.64. The van der Waals surface area contributed by atoms with E-state index in [2.05, 4.69) is 20.8 Å². The van der Waals surface area contributed by atoms with E-state index in [1.807, 2.05) is 26.2 Å². The molecule has 0 spiro atoms. The molecule has 4 heteroatoms. The minimum absolute atomic E-state index is 0.198. The van der Waals surface area contributed by atoms with Crippen molar-refractivity contribution in [3.8, 4) is 0 Å². The third-order valence-electron chi connectivity index (χ3n) is 3.77. The number of hydrogen-bond donors (Lipinski definition) is 0. The lowest BCUT2D eigenvalue weighted by molar-refractivity contribution is -0.128. The molecule has 0 aliphatic heterocycles. The number of hydrogen-bond acceptors (Lipinski definition) is 3. The highest BCUT2D eigenvalue weighted by Crippen LogP contribution is 2.36. The third-order valence-corrected chi connectivity index (χ3v) is 5.39. The molecule has 1 saturated carbocycles. The van der Waals surface area contributed by atoms with E-state index in [1.54, 1.807) is 11.3 Å². The summed E-state index contributed by atoms with van der Waals surface area (Å²) in [7, 11) is 4.07. The number of ketones is 1. The molecule has 0 unspecified atom stereocenters. The molecule has 1 aliphatic carbocycles. The van der Waals surface area contributed by atoms with Crippen molar-refractivity contribution >= 4 is 33.0 Å². The molecule has 17 heavy (non-hydrogen) atoms. The van der Waals surface area contributed by atoms with Crippen molar-refractivity contribution in [1.82, 2.24) is 4.90 Å². The van der Waals surface area contributed by atoms with Crippen molar-refractivity contribution < 1.29 is 4.79 Å². The number of likely N-dealkylation sites (N-methyl/N-ethyl adjacent to an activating group) is 1. The molecule has 2 rings (SSSR count). The van der Waals surface area contributed by atoms with Gasteiger partial charge >= 0.3 is 0 Å². The highest BCUT2D eigenvalue weighted by atomic mass is 79.9. The Bertz CT molecular complexity index is 407. The molecular formula is C13H18BrNOS. The van der Waals surface area contributed by atoms with Crippen LogP contribution in [-0.4, -0.2) is 30.3 Å². The van der Waals surface area contributed by atoms with Gasteiger partial charge in [-0.1, -0.05) is 12.8 Å². The zero-order valence-corrected chi connectivity index (χ0v) is 12.7. The number of thiophene rings is 1. The Hall–Kier alpha value is -0.190. The summed E-state index contributed by atoms with van der Waals surface area (Å²) in [6, 6.07) is 4.06. The second-order valence-corrected chi connectivity index (χ2v) is 7.49. The van der Waals surface area contributed by atoms with E-state index in [9.17, 15) is 4.79 Å². The first-order chi connectivity index (χ1) is 8.04. The van der Waals surface area contributed by atoms with Crippen LogP contribution < -0.4 is 0 Å². The summed E-state index contributed by atoms with van der Waals surface area (Å²) in [6.45, 7) is 0. The Morgan fingerprint density at radius 3 is 2.53 bits per heavy atom. The van der Waals surface area contributed by atoms with Crippen molar-refractivity contribution in [3.63, 3.8) is 0 Å². The van der Waals surface area contributed by atoms with Crippen LogP contribution >= 0.6 is 27.3 Å². The Labute approximate surface area is 115 Å². The SMILES string of the molecule is CN(C)C1(C(=O)Cc2ccc(Br)s2)CCCC1. The van der Waals surface area contributed by atoms with Gasteiger partial charge in [0.25, 0.3) is 0 Å². The largest absolute Gasteiger partial charge is 0.297 e. The predicted molar refractivity (Wildman–Crippen MR) is 75.6 cm³/mol. The number of carbonyl (C=O) groups excluding carboxylic acids is 1. The Morgan fingerprint density at radius 2 is 2.06 bits per heavy atom. The number of nitrogens with zero attached hydrogens (tertiary/aromatic N) is 1. The van der Waals surface area contributed by atoms with Gasteiger partial charge in [-0.15, -0.1) is 11.3 Å². The van der Waals surface area contributed by atoms with Gasteiger partial charge < -0.3 is 0 Å². The lowest BCUT2D eigenvalue weighted by Gasteiger charge is -2.34. The summed E-state index contributed by atoms with van der Waals surface area (Å²) in [5, 5.41) is 0. The van der Waals surface area contributed by atoms with E-state index < -0.39 is 0 Å². The molecule has 0 aromatic carbocycles. The van der Waals surface area contributed by atoms with Crippen LogP contribution in [0.1, 0.15) is 30.6 Å². The smallest absolute Gasteiger partial charge is 0.158 e. The normalized spacial score (nSPS) is 18.8. The maximum absolute atomic E-state index is 12.5. The van der Waals surface area contributed by atoms with Crippen LogP contribution in [-0.2, 0) is 11.2 Å². The van der Waals surface area contributed by atoms with Crippen LogP contribution in [0.3, 0.4) is 0 Å². The predicted octanol–water partition coefficient (Wildman–Crippen LogP) is 3.50. The van der Waals surface area contributed by atoms with Gasteiger partial charge in [-0.05, 0) is 55.0 Å². The lowest BCUT2D eigenvalue weighted by Crippen LogP contribution is -2.49. The molecule has 0 N–H and O–H groups in total. The second kappa shape index (κ2) is 5.21. The van der Waals surface area contributed by atoms with E-state index in [4.69, 9.17) is 0 Å². The average molecular weight is 316 g/mol. The molecule has 2 nitrogen and oxygen atoms in total. The van der Waals surface area contributed by atoms with E-state index in [1.165, 1.54) is 12.8 Å². The summed E-state index contributed by atoms with van der Waals surface area (Å²) in [5.41, 5.74) is -0.198. The molecule has 1 aromatic rings. The molecule has 0 radical (unpaired) electrons. The number of halogens is 1. The van der Waals surface area contributed by atoms with Gasteiger partial charge in [0.2, 0.25) is 0 Å². The van der Waals surface area contributed by atoms with Gasteiger partial charge in [-0.3, -0.25) is 9.69 Å². The molecule has 1 heterocycles. The Balaban J connectivity index is 2.12. The van der Waals surface area contributed by atoms with Crippen LogP contribution in [0.15, 0.2) is 15.9 Å². The van der Waals surface area contributed by atoms with Crippen LogP contribution in [0.2, 0.25) is 0 Å². The first-order valence-corrected chi connectivity index (χ1v) is 7.60. The quantitative estimate of drug-likeness (QED) is 0.847. The maximum Gasteiger partial charge on any atom is 0.158 e. The van der Waals surface area contributed by atoms with Gasteiger partial charge in [0.1, 0.15) is 0 Å². The molecule has 0 saturated heterocycles. The summed E-state index contributed by atoms with van der Waals surface area (Å²) in [4.78, 5) is 15.8. The van der Waals surface area contributed by atoms with Crippen LogP contribution in [0.25, 0.3) is 0 Å². The topological polar surface area (TPSA) is 20.3 Å². The fraction of sp³-hybridized carbons (Fsp3) is 0.615. The highest BCUT2D eigenvalue weighted by molar-refractivity contribution is 9.11. The van der Waals surface area contributed by atoms with Gasteiger partial charge in [0.05, 0.1) is 9.33 Å². The molecule has 1 fully saturated rings. The van der Waals surface area contributed by atoms with E-state index in [0.29, 0.717) is 12.2 Å². The summed E-state index contributed by atoms with van der Waals surface area (Å²) in [5.74, 6) is 0.384. The van der Waals surface area contributed by atoms with Crippen LogP contribution in [0.4, 0.5) is 0 Å². The Kier molecular flexibility index (Phi) is 4.06. The summed E-state index contributed by atoms with van der Waals surface area (Å²) >= 11 is 5.11. The molecule has 1 aliphatic rings. The van der Waals surface area contributed by atoms with Crippen molar-refractivity contribution in [2.75, 3.05) is 14.1 Å². The van der Waals surface area contributed by atoms with Crippen molar-refractivity contribution in [2.24, 2.45) is 0 Å². The van der Waals surface area contributed by atoms with Crippen molar-refractivity contribution in [3.05, 3.63) is 20.8 Å². The number of carbonyl (C=O) groups is 1. The molecule has 0 atom stereocenters. The van der Waals surface area contributed by atoms with E-state index in [0.717, 1.165) is 21.5 Å². The summed E-state index contributed by atoms with van der Waals surface area (Å²) in [6.07, 6.45) is 4.97. The number of rotatable bonds is 4. The van der Waals surface area contributed by atoms with Gasteiger partial charge in [-0.25, -0.2) is 0 Å². The zero-order chi connectivity index (χ0) is 12.5. The standard InChI is InChI=1S/C13H18BrNOS/c1-15(2)13(7-3-4-8-13)11(16)9-10-5-6-12(14)17-10/h5-6H,3-4,7-9H2,1-2H3. The average Bonchev–Trinajstić information content (AvgIpc) is 2.87. The molecule has 0 amide bonds. The molecule has 0 bridgehead atoms. The molecule has 1 aromatic heterocycles. The monoisotopic (exact) mass is 315 g/mol. The van der Waals surface area contributed by atoms with Crippen molar-refractivity contribution in [1.29, 1.82) is 0 Å². The fourth-order valence-electron chi connectivity index (χ4n) is 2.70. The van der Waals surface area contributed by atoms with Gasteiger partial charge in [0.15, 0.2) is 5.78 Å². The first-order valence-electron chi connectivity index (χ1n) is 5.99. The van der Waals surface area contributed by atoms with Crippen LogP contribution in [0, 0.1) is 0 Å². The van der Waals surface area contributed by atoms with Gasteiger partial charge in [-0.2, -0.15) is 0 Å². The number of Topliss-reactive ketones (excluding diaryl/α,β-unsaturated/α-hetero) is 1. The van der Waals surface area contributed by atoms with E-state index in [-0.39, 0.29) is 5.54 Å². The fourth-order valence-corrected chi connectivity index (χ4v) is 4.19. The molecular weight excluding hydrogens is 298 g/mol. The first kappa shape index (κ1) is 13.2. The van der Waals surface area contributed by atoms with Crippen molar-refractivity contribution in [2.45, 2.75) is 37.6 Å². The lowest BCUT2D eigenvalue weighted by atomic mass is 9.88. The second-order valence-electron chi connectivity index (χ2n) is 4.94. The highest BCUT2D eigenvalue weighted by Gasteiger charge is 2.42. The van der Waals surface area contributed by atoms with Gasteiger partial charge in [0, 0.05) is 11.3 Å². The molecule has 94 valence electrons. The Morgan fingerprint density at radius 1 is 1.41 bits per heavy atom. The zero-order valence-electron chi connectivity index (χ0n) is 10.3. The van der Waals surface area contributed by atoms with Crippen LogP contribution in [0.5, 0.6) is 0 Å². The summed E-state index contributed by atoms with van der Waals surface area (Å²) < 4.78 is 1.10. The minimum atomic E-state index is -0.198.